The maximum Gasteiger partial charge on any atom is 0.115 e. The zero-order chi connectivity index (χ0) is 25.5. The summed E-state index contributed by atoms with van der Waals surface area (Å²) in [6.07, 6.45) is -1.19. The minimum absolute atomic E-state index is 0.106. The Kier molecular flexibility index (Phi) is 11.0. The van der Waals surface area contributed by atoms with Crippen LogP contribution in [0.2, 0.25) is 0 Å². The number of hydrogen-bond donors (Lipinski definition) is 4. The predicted molar refractivity (Wildman–Crippen MR) is 150 cm³/mol. The number of aliphatic hydroxyl groups is 2. The number of aryl methyl sites for hydroxylation is 2. The molecule has 34 heavy (non-hydrogen) atoms. The highest BCUT2D eigenvalue weighted by molar-refractivity contribution is 8.76. The Hall–Kier alpha value is -1.02. The first-order valence-electron chi connectivity index (χ1n) is 12.0. The zero-order valence-corrected chi connectivity index (χ0v) is 23.8. The molecule has 6 heteroatoms. The van der Waals surface area contributed by atoms with E-state index in [1.54, 1.807) is 21.6 Å². The molecular formula is C28H44N2O2S2. The molecule has 0 amide bonds. The van der Waals surface area contributed by atoms with Gasteiger partial charge in [0.1, 0.15) is 12.5 Å². The Morgan fingerprint density at radius 2 is 1.00 bits per heavy atom. The van der Waals surface area contributed by atoms with Crippen LogP contribution in [-0.4, -0.2) is 34.2 Å². The first-order chi connectivity index (χ1) is 15.7. The summed E-state index contributed by atoms with van der Waals surface area (Å²) in [5, 5.41) is 27.1. The van der Waals surface area contributed by atoms with Gasteiger partial charge in [-0.25, -0.2) is 0 Å². The molecule has 0 aliphatic rings. The number of benzene rings is 2. The van der Waals surface area contributed by atoms with Crippen molar-refractivity contribution in [2.75, 3.05) is 11.5 Å². The molecule has 2 atom stereocenters. The van der Waals surface area contributed by atoms with Crippen molar-refractivity contribution in [1.82, 2.24) is 10.6 Å². The first-order valence-corrected chi connectivity index (χ1v) is 14.5. The molecule has 0 heterocycles. The lowest BCUT2D eigenvalue weighted by atomic mass is 9.85. The first kappa shape index (κ1) is 29.2. The standard InChI is InChI=1S/C28H44N2O2S2/c1-19-9-21(13-23(11-19)27(3,4)5)15-29-25(31)17-33-34-18-26(32)30-16-22-10-20(2)12-24(14-22)28(6,7)8/h9-14,25-26,29-32H,15-18H2,1-8H3. The third kappa shape index (κ3) is 10.3. The predicted octanol–water partition coefficient (Wildman–Crippen LogP) is 5.80. The summed E-state index contributed by atoms with van der Waals surface area (Å²) < 4.78 is 0. The van der Waals surface area contributed by atoms with Crippen LogP contribution in [0.1, 0.15) is 74.9 Å². The maximum atomic E-state index is 10.3. The van der Waals surface area contributed by atoms with E-state index in [2.05, 4.69) is 102 Å². The van der Waals surface area contributed by atoms with Crippen LogP contribution in [0.15, 0.2) is 36.4 Å². The summed E-state index contributed by atoms with van der Waals surface area (Å²) in [6, 6.07) is 13.2. The average molecular weight is 505 g/mol. The van der Waals surface area contributed by atoms with Crippen molar-refractivity contribution in [2.24, 2.45) is 0 Å². The molecule has 2 unspecified atom stereocenters. The lowest BCUT2D eigenvalue weighted by Crippen LogP contribution is -2.31. The summed E-state index contributed by atoms with van der Waals surface area (Å²) in [4.78, 5) is 0. The third-order valence-electron chi connectivity index (χ3n) is 5.63. The smallest absolute Gasteiger partial charge is 0.115 e. The van der Waals surface area contributed by atoms with Crippen molar-refractivity contribution < 1.29 is 10.2 Å². The fourth-order valence-corrected chi connectivity index (χ4v) is 5.65. The Labute approximate surface area is 215 Å². The van der Waals surface area contributed by atoms with Crippen molar-refractivity contribution >= 4 is 21.6 Å². The molecule has 0 radical (unpaired) electrons. The summed E-state index contributed by atoms with van der Waals surface area (Å²) >= 11 is 0. The van der Waals surface area contributed by atoms with E-state index in [9.17, 15) is 10.2 Å². The zero-order valence-electron chi connectivity index (χ0n) is 22.2. The Bertz CT molecular complexity index is 844. The van der Waals surface area contributed by atoms with Crippen LogP contribution in [0.5, 0.6) is 0 Å². The normalized spacial score (nSPS) is 14.3. The van der Waals surface area contributed by atoms with Crippen LogP contribution in [0.4, 0.5) is 0 Å². The van der Waals surface area contributed by atoms with Crippen LogP contribution in [0.3, 0.4) is 0 Å². The van der Waals surface area contributed by atoms with Gasteiger partial charge in [-0.3, -0.25) is 10.6 Å². The third-order valence-corrected chi connectivity index (χ3v) is 8.01. The highest BCUT2D eigenvalue weighted by Gasteiger charge is 2.16. The summed E-state index contributed by atoms with van der Waals surface area (Å²) in [6.45, 7) is 18.8. The van der Waals surface area contributed by atoms with E-state index in [1.807, 2.05) is 0 Å². The highest BCUT2D eigenvalue weighted by atomic mass is 33.1. The molecule has 2 aromatic rings. The van der Waals surface area contributed by atoms with E-state index in [-0.39, 0.29) is 10.8 Å². The van der Waals surface area contributed by atoms with Crippen LogP contribution in [0.25, 0.3) is 0 Å². The minimum atomic E-state index is -0.593. The number of nitrogens with one attached hydrogen (secondary N) is 2. The second-order valence-corrected chi connectivity index (χ2v) is 13.8. The van der Waals surface area contributed by atoms with Crippen molar-refractivity contribution in [1.29, 1.82) is 0 Å². The van der Waals surface area contributed by atoms with Crippen LogP contribution in [-0.2, 0) is 23.9 Å². The fraction of sp³-hybridized carbons (Fsp3) is 0.571. The molecule has 0 aliphatic heterocycles. The Morgan fingerprint density at radius 1 is 0.647 bits per heavy atom. The topological polar surface area (TPSA) is 64.5 Å². The summed E-state index contributed by atoms with van der Waals surface area (Å²) in [7, 11) is 3.14. The van der Waals surface area contributed by atoms with Crippen molar-refractivity contribution in [3.8, 4) is 0 Å². The molecule has 190 valence electrons. The molecule has 2 rings (SSSR count). The molecule has 0 aliphatic carbocycles. The van der Waals surface area contributed by atoms with Gasteiger partial charge in [-0.15, -0.1) is 0 Å². The van der Waals surface area contributed by atoms with E-state index in [4.69, 9.17) is 0 Å². The summed E-state index contributed by atoms with van der Waals surface area (Å²) in [5.74, 6) is 1.12. The van der Waals surface area contributed by atoms with Crippen molar-refractivity contribution in [3.05, 3.63) is 69.8 Å². The lowest BCUT2D eigenvalue weighted by Gasteiger charge is -2.21. The molecule has 0 fully saturated rings. The van der Waals surface area contributed by atoms with Gasteiger partial charge in [-0.2, -0.15) is 0 Å². The van der Waals surface area contributed by atoms with Gasteiger partial charge < -0.3 is 10.2 Å². The molecule has 4 nitrogen and oxygen atoms in total. The molecule has 2 aromatic carbocycles. The van der Waals surface area contributed by atoms with Crippen LogP contribution >= 0.6 is 21.6 Å². The van der Waals surface area contributed by atoms with E-state index in [1.165, 1.54) is 33.4 Å². The molecular weight excluding hydrogens is 460 g/mol. The van der Waals surface area contributed by atoms with Gasteiger partial charge in [0.25, 0.3) is 0 Å². The number of aliphatic hydroxyl groups excluding tert-OH is 2. The molecule has 0 aromatic heterocycles. The fourth-order valence-electron chi connectivity index (χ4n) is 3.61. The van der Waals surface area contributed by atoms with E-state index < -0.39 is 12.5 Å². The highest BCUT2D eigenvalue weighted by Crippen LogP contribution is 2.26. The summed E-state index contributed by atoms with van der Waals surface area (Å²) in [5.41, 5.74) is 7.69. The van der Waals surface area contributed by atoms with Gasteiger partial charge in [-0.1, -0.05) is 111 Å². The second kappa shape index (κ2) is 12.8. The molecule has 0 saturated carbocycles. The largest absolute Gasteiger partial charge is 0.378 e. The molecule has 4 N–H and O–H groups in total. The number of rotatable bonds is 11. The van der Waals surface area contributed by atoms with Crippen LogP contribution < -0.4 is 10.6 Å². The monoisotopic (exact) mass is 504 g/mol. The van der Waals surface area contributed by atoms with Gasteiger partial charge in [0.15, 0.2) is 0 Å². The van der Waals surface area contributed by atoms with Gasteiger partial charge in [0.05, 0.1) is 0 Å². The van der Waals surface area contributed by atoms with Gasteiger partial charge >= 0.3 is 0 Å². The van der Waals surface area contributed by atoms with Crippen LogP contribution in [0, 0.1) is 13.8 Å². The van der Waals surface area contributed by atoms with Gasteiger partial charge in [-0.05, 0) is 46.9 Å². The van der Waals surface area contributed by atoms with E-state index in [0.717, 1.165) is 0 Å². The molecule has 0 spiro atoms. The van der Waals surface area contributed by atoms with E-state index in [0.29, 0.717) is 24.6 Å². The Morgan fingerprint density at radius 3 is 1.32 bits per heavy atom. The lowest BCUT2D eigenvalue weighted by molar-refractivity contribution is 0.158. The van der Waals surface area contributed by atoms with Gasteiger partial charge in [0, 0.05) is 24.6 Å². The minimum Gasteiger partial charge on any atom is -0.378 e. The average Bonchev–Trinajstić information content (AvgIpc) is 2.72. The molecule has 0 saturated heterocycles. The molecule has 0 bridgehead atoms. The quantitative estimate of drug-likeness (QED) is 0.176. The number of hydrogen-bond acceptors (Lipinski definition) is 6. The second-order valence-electron chi connectivity index (χ2n) is 11.3. The Balaban J connectivity index is 1.70. The SMILES string of the molecule is Cc1cc(CNC(O)CSSCC(O)NCc2cc(C)cc(C(C)(C)C)c2)cc(C(C)(C)C)c1. The maximum absolute atomic E-state index is 10.3. The van der Waals surface area contributed by atoms with E-state index >= 15 is 0 Å². The van der Waals surface area contributed by atoms with Crippen molar-refractivity contribution in [3.63, 3.8) is 0 Å². The van der Waals surface area contributed by atoms with Gasteiger partial charge in [0.2, 0.25) is 0 Å². The van der Waals surface area contributed by atoms with Crippen molar-refractivity contribution in [2.45, 2.75) is 91.8 Å².